The lowest BCUT2D eigenvalue weighted by molar-refractivity contribution is 0.313. The number of hydrogen-bond donors (Lipinski definition) is 2. The van der Waals surface area contributed by atoms with Crippen LogP contribution in [0.2, 0.25) is 0 Å². The summed E-state index contributed by atoms with van der Waals surface area (Å²) in [7, 11) is 0. The lowest BCUT2D eigenvalue weighted by Gasteiger charge is -1.88. The van der Waals surface area contributed by atoms with Crippen LogP contribution in [0.1, 0.15) is 13.8 Å². The van der Waals surface area contributed by atoms with Crippen LogP contribution in [0.4, 0.5) is 4.70 Å². The van der Waals surface area contributed by atoms with Crippen LogP contribution in [0.25, 0.3) is 0 Å². The first-order chi connectivity index (χ1) is 3.72. The third-order valence-corrected chi connectivity index (χ3v) is 0.824. The lowest BCUT2D eigenvalue weighted by Crippen LogP contribution is -2.04. The van der Waals surface area contributed by atoms with Gasteiger partial charge in [-0.15, -0.1) is 0 Å². The Balaban J connectivity index is 0. The number of hydrogen-bond acceptors (Lipinski definition) is 4. The average Bonchev–Trinajstić information content (AvgIpc) is 1.84. The van der Waals surface area contributed by atoms with Crippen molar-refractivity contribution in [3.63, 3.8) is 0 Å². The van der Waals surface area contributed by atoms with E-state index in [1.54, 1.807) is 0 Å². The van der Waals surface area contributed by atoms with Gasteiger partial charge in [0.05, 0.1) is 0 Å². The zero-order valence-electron chi connectivity index (χ0n) is 5.20. The molecule has 4 nitrogen and oxygen atoms in total. The number of oxime groups is 2. The largest absolute Gasteiger partial charge is 0.411 e. The summed E-state index contributed by atoms with van der Waals surface area (Å²) in [5, 5.41) is 21.6. The van der Waals surface area contributed by atoms with Gasteiger partial charge in [-0.25, -0.2) is 0 Å². The Hall–Kier alpha value is -1.13. The molecule has 0 unspecified atom stereocenters. The molecule has 0 radical (unpaired) electrons. The van der Waals surface area contributed by atoms with Crippen molar-refractivity contribution in [2.75, 3.05) is 0 Å². The average molecular weight is 136 g/mol. The van der Waals surface area contributed by atoms with Gasteiger partial charge in [-0.1, -0.05) is 10.3 Å². The first-order valence-electron chi connectivity index (χ1n) is 2.10. The molecule has 0 amide bonds. The van der Waals surface area contributed by atoms with E-state index in [4.69, 9.17) is 10.4 Å². The highest BCUT2D eigenvalue weighted by molar-refractivity contribution is 6.40. The van der Waals surface area contributed by atoms with Crippen LogP contribution in [0.5, 0.6) is 0 Å². The van der Waals surface area contributed by atoms with Crippen LogP contribution in [-0.4, -0.2) is 21.8 Å². The predicted molar refractivity (Wildman–Crippen MR) is 32.3 cm³/mol. The van der Waals surface area contributed by atoms with E-state index >= 15 is 0 Å². The zero-order chi connectivity index (χ0) is 6.57. The molecule has 0 aromatic rings. The van der Waals surface area contributed by atoms with E-state index in [1.165, 1.54) is 13.8 Å². The van der Waals surface area contributed by atoms with Gasteiger partial charge in [-0.05, 0) is 13.8 Å². The predicted octanol–water partition coefficient (Wildman–Crippen LogP) is 0.839. The van der Waals surface area contributed by atoms with Crippen LogP contribution < -0.4 is 0 Å². The molecule has 0 aromatic carbocycles. The molecule has 0 aliphatic carbocycles. The molecule has 0 saturated carbocycles. The molecule has 0 spiro atoms. The van der Waals surface area contributed by atoms with Gasteiger partial charge >= 0.3 is 0 Å². The van der Waals surface area contributed by atoms with Gasteiger partial charge in [-0.2, -0.15) is 0 Å². The lowest BCUT2D eigenvalue weighted by atomic mass is 10.3. The number of halogens is 1. The minimum atomic E-state index is 0. The summed E-state index contributed by atoms with van der Waals surface area (Å²) in [6.07, 6.45) is 0. The molecule has 0 aromatic heterocycles. The van der Waals surface area contributed by atoms with E-state index < -0.39 is 0 Å². The van der Waals surface area contributed by atoms with Crippen molar-refractivity contribution in [3.8, 4) is 0 Å². The Kier molecular flexibility index (Phi) is 6.01. The summed E-state index contributed by atoms with van der Waals surface area (Å²) in [4.78, 5) is 0. The zero-order valence-corrected chi connectivity index (χ0v) is 5.20. The summed E-state index contributed by atoms with van der Waals surface area (Å²) >= 11 is 0. The third kappa shape index (κ3) is 3.45. The molecule has 0 heterocycles. The van der Waals surface area contributed by atoms with Gasteiger partial charge in [0.25, 0.3) is 0 Å². The van der Waals surface area contributed by atoms with E-state index in [1.807, 2.05) is 0 Å². The SMILES string of the molecule is CC(=NO)C(C)=NO.F. The Bertz CT molecular complexity index is 117. The fourth-order valence-electron chi connectivity index (χ4n) is 0.145. The van der Waals surface area contributed by atoms with Crippen LogP contribution >= 0.6 is 0 Å². The molecule has 0 aliphatic rings. The normalized spacial score (nSPS) is 12.7. The number of rotatable bonds is 1. The quantitative estimate of drug-likeness (QED) is 0.318. The molecule has 0 fully saturated rings. The molecule has 5 heteroatoms. The molecule has 0 aliphatic heterocycles. The second-order valence-corrected chi connectivity index (χ2v) is 1.37. The van der Waals surface area contributed by atoms with Gasteiger partial charge in [0.1, 0.15) is 11.4 Å². The standard InChI is InChI=1S/C4H8N2O2.FH/c1-3(5-7)4(2)6-8;/h7-8H,1-2H3;1H. The summed E-state index contributed by atoms with van der Waals surface area (Å²) in [5.74, 6) is 0. The van der Waals surface area contributed by atoms with Crippen LogP contribution in [0, 0.1) is 0 Å². The van der Waals surface area contributed by atoms with Gasteiger partial charge < -0.3 is 10.4 Å². The summed E-state index contributed by atoms with van der Waals surface area (Å²) < 4.78 is 0. The van der Waals surface area contributed by atoms with E-state index in [-0.39, 0.29) is 4.70 Å². The number of nitrogens with zero attached hydrogens (tertiary/aromatic N) is 2. The molecule has 9 heavy (non-hydrogen) atoms. The molecule has 2 N–H and O–H groups in total. The molecular weight excluding hydrogens is 127 g/mol. The molecule has 0 bridgehead atoms. The second kappa shape index (κ2) is 5.02. The van der Waals surface area contributed by atoms with E-state index in [0.29, 0.717) is 11.4 Å². The van der Waals surface area contributed by atoms with Crippen molar-refractivity contribution in [3.05, 3.63) is 0 Å². The van der Waals surface area contributed by atoms with Crippen LogP contribution in [-0.2, 0) is 0 Å². The highest BCUT2D eigenvalue weighted by Gasteiger charge is 1.93. The second-order valence-electron chi connectivity index (χ2n) is 1.37. The Morgan fingerprint density at radius 1 is 1.00 bits per heavy atom. The maximum atomic E-state index is 8.03. The third-order valence-electron chi connectivity index (χ3n) is 0.824. The Morgan fingerprint density at radius 2 is 1.22 bits per heavy atom. The maximum absolute atomic E-state index is 8.03. The van der Waals surface area contributed by atoms with Gasteiger partial charge in [0.2, 0.25) is 0 Å². The van der Waals surface area contributed by atoms with Gasteiger partial charge in [0, 0.05) is 0 Å². The minimum absolute atomic E-state index is 0. The van der Waals surface area contributed by atoms with Crippen LogP contribution in [0.15, 0.2) is 10.3 Å². The summed E-state index contributed by atoms with van der Waals surface area (Å²) in [5.41, 5.74) is 0.625. The van der Waals surface area contributed by atoms with Crippen molar-refractivity contribution >= 4 is 11.4 Å². The Morgan fingerprint density at radius 3 is 1.33 bits per heavy atom. The highest BCUT2D eigenvalue weighted by atomic mass is 19.0. The fourth-order valence-corrected chi connectivity index (χ4v) is 0.145. The monoisotopic (exact) mass is 136 g/mol. The van der Waals surface area contributed by atoms with E-state index in [2.05, 4.69) is 10.3 Å². The van der Waals surface area contributed by atoms with Crippen molar-refractivity contribution < 1.29 is 15.1 Å². The Labute approximate surface area is 51.8 Å². The summed E-state index contributed by atoms with van der Waals surface area (Å²) in [6, 6.07) is 0. The topological polar surface area (TPSA) is 65.2 Å². The van der Waals surface area contributed by atoms with E-state index in [9.17, 15) is 0 Å². The highest BCUT2D eigenvalue weighted by Crippen LogP contribution is 1.79. The molecule has 0 saturated heterocycles. The fraction of sp³-hybridized carbons (Fsp3) is 0.500. The van der Waals surface area contributed by atoms with Gasteiger partial charge in [0.15, 0.2) is 0 Å². The maximum Gasteiger partial charge on any atom is 0.101 e. The van der Waals surface area contributed by atoms with Crippen molar-refractivity contribution in [2.45, 2.75) is 13.8 Å². The van der Waals surface area contributed by atoms with Gasteiger partial charge in [-0.3, -0.25) is 4.70 Å². The van der Waals surface area contributed by atoms with Crippen molar-refractivity contribution in [1.82, 2.24) is 0 Å². The van der Waals surface area contributed by atoms with E-state index in [0.717, 1.165) is 0 Å². The smallest absolute Gasteiger partial charge is 0.101 e. The molecular formula is C4H9FN2O2. The van der Waals surface area contributed by atoms with Crippen LogP contribution in [0.3, 0.4) is 0 Å². The first kappa shape index (κ1) is 10.8. The minimum Gasteiger partial charge on any atom is -0.411 e. The molecule has 0 atom stereocenters. The van der Waals surface area contributed by atoms with Crippen molar-refractivity contribution in [2.24, 2.45) is 10.3 Å². The summed E-state index contributed by atoms with van der Waals surface area (Å²) in [6.45, 7) is 3.07. The van der Waals surface area contributed by atoms with Crippen molar-refractivity contribution in [1.29, 1.82) is 0 Å². The molecule has 54 valence electrons. The molecule has 0 rings (SSSR count). The first-order valence-corrected chi connectivity index (χ1v) is 2.10.